The molecular weight excluding hydrogens is 514 g/mol. The molecule has 4 aromatic rings. The highest BCUT2D eigenvalue weighted by molar-refractivity contribution is 7.80. The Morgan fingerprint density at radius 2 is 1.82 bits per heavy atom. The maximum Gasteiger partial charge on any atom is 0.226 e. The minimum Gasteiger partial charge on any atom is -0.352 e. The van der Waals surface area contributed by atoms with Crippen molar-refractivity contribution in [3.8, 4) is 5.69 Å². The van der Waals surface area contributed by atoms with Crippen molar-refractivity contribution in [3.63, 3.8) is 0 Å². The van der Waals surface area contributed by atoms with E-state index in [-0.39, 0.29) is 18.0 Å². The molecule has 1 aliphatic rings. The van der Waals surface area contributed by atoms with Crippen molar-refractivity contribution in [2.24, 2.45) is 0 Å². The number of halogens is 1. The lowest BCUT2D eigenvalue weighted by atomic mass is 9.96. The van der Waals surface area contributed by atoms with Crippen LogP contribution in [0.25, 0.3) is 5.69 Å². The number of hydrogen-bond donors (Lipinski definition) is 2. The van der Waals surface area contributed by atoms with Gasteiger partial charge < -0.3 is 20.1 Å². The summed E-state index contributed by atoms with van der Waals surface area (Å²) in [5, 5.41) is 7.78. The normalized spacial score (nSPS) is 16.9. The third kappa shape index (κ3) is 5.17. The van der Waals surface area contributed by atoms with Gasteiger partial charge in [-0.15, -0.1) is 0 Å². The Morgan fingerprint density at radius 1 is 1.05 bits per heavy atom. The number of para-hydroxylation sites is 1. The van der Waals surface area contributed by atoms with Crippen LogP contribution in [0, 0.1) is 20.8 Å². The van der Waals surface area contributed by atoms with Crippen LogP contribution in [0.5, 0.6) is 0 Å². The fourth-order valence-electron chi connectivity index (χ4n) is 5.23. The summed E-state index contributed by atoms with van der Waals surface area (Å²) in [5.41, 5.74) is 7.20. The second kappa shape index (κ2) is 11.0. The molecule has 2 atom stereocenters. The number of hydrogen-bond acceptors (Lipinski definition) is 3. The van der Waals surface area contributed by atoms with E-state index < -0.39 is 0 Å². The summed E-state index contributed by atoms with van der Waals surface area (Å²) >= 11 is 12.2. The highest BCUT2D eigenvalue weighted by atomic mass is 35.5. The maximum atomic E-state index is 12.8. The Morgan fingerprint density at radius 3 is 2.55 bits per heavy atom. The van der Waals surface area contributed by atoms with Gasteiger partial charge in [-0.3, -0.25) is 9.78 Å². The van der Waals surface area contributed by atoms with Gasteiger partial charge in [0.1, 0.15) is 0 Å². The number of anilines is 1. The van der Waals surface area contributed by atoms with Crippen LogP contribution >= 0.6 is 23.8 Å². The Bertz CT molecular complexity index is 1470. The average molecular weight is 544 g/mol. The smallest absolute Gasteiger partial charge is 0.226 e. The SMILES string of the molecule is Cc1ccc(Cl)cc1-n1c(C)cc([C@H]2[C@H](c3ccccn3)NC(=S)N2CCC(=O)Nc2ccccc2)c1C. The Balaban J connectivity index is 1.50. The summed E-state index contributed by atoms with van der Waals surface area (Å²) in [6.07, 6.45) is 2.10. The molecule has 0 radical (unpaired) electrons. The molecule has 3 heterocycles. The Labute approximate surface area is 233 Å². The van der Waals surface area contributed by atoms with Gasteiger partial charge in [0.2, 0.25) is 5.91 Å². The summed E-state index contributed by atoms with van der Waals surface area (Å²) in [5.74, 6) is -0.0564. The van der Waals surface area contributed by atoms with Gasteiger partial charge in [-0.2, -0.15) is 0 Å². The topological polar surface area (TPSA) is 62.2 Å². The minimum atomic E-state index is -0.157. The Kier molecular flexibility index (Phi) is 7.49. The quantitative estimate of drug-likeness (QED) is 0.262. The van der Waals surface area contributed by atoms with Crippen molar-refractivity contribution >= 4 is 40.5 Å². The first-order valence-corrected chi connectivity index (χ1v) is 13.4. The number of nitrogens with zero attached hydrogens (tertiary/aromatic N) is 3. The van der Waals surface area contributed by atoms with E-state index in [1.54, 1.807) is 6.20 Å². The van der Waals surface area contributed by atoms with Gasteiger partial charge in [0, 0.05) is 46.9 Å². The molecule has 194 valence electrons. The molecular formula is C30H30ClN5OS. The summed E-state index contributed by atoms with van der Waals surface area (Å²) < 4.78 is 2.24. The predicted molar refractivity (Wildman–Crippen MR) is 157 cm³/mol. The number of pyridine rings is 1. The van der Waals surface area contributed by atoms with Crippen LogP contribution in [0.15, 0.2) is 79.0 Å². The third-order valence-electron chi connectivity index (χ3n) is 7.04. The molecule has 0 unspecified atom stereocenters. The lowest BCUT2D eigenvalue weighted by molar-refractivity contribution is -0.116. The first kappa shape index (κ1) is 25.9. The fourth-order valence-corrected chi connectivity index (χ4v) is 5.73. The molecule has 8 heteroatoms. The van der Waals surface area contributed by atoms with Gasteiger partial charge in [0.15, 0.2) is 5.11 Å². The number of aromatic nitrogens is 2. The van der Waals surface area contributed by atoms with Crippen LogP contribution in [-0.4, -0.2) is 32.0 Å². The molecule has 0 saturated carbocycles. The third-order valence-corrected chi connectivity index (χ3v) is 7.62. The summed E-state index contributed by atoms with van der Waals surface area (Å²) in [4.78, 5) is 19.6. The maximum absolute atomic E-state index is 12.8. The lowest BCUT2D eigenvalue weighted by Crippen LogP contribution is -2.32. The van der Waals surface area contributed by atoms with Crippen molar-refractivity contribution in [2.45, 2.75) is 39.3 Å². The molecule has 1 fully saturated rings. The van der Waals surface area contributed by atoms with Crippen LogP contribution in [0.3, 0.4) is 0 Å². The number of aryl methyl sites for hydroxylation is 2. The van der Waals surface area contributed by atoms with Crippen molar-refractivity contribution in [1.82, 2.24) is 19.8 Å². The Hall–Kier alpha value is -3.68. The predicted octanol–water partition coefficient (Wildman–Crippen LogP) is 6.45. The molecule has 5 rings (SSSR count). The number of carbonyl (C=O) groups is 1. The first-order valence-electron chi connectivity index (χ1n) is 12.6. The van der Waals surface area contributed by atoms with Gasteiger partial charge in [-0.05, 0) is 86.6 Å². The number of benzene rings is 2. The van der Waals surface area contributed by atoms with E-state index in [0.29, 0.717) is 23.1 Å². The average Bonchev–Trinajstić information content (AvgIpc) is 3.39. The zero-order valence-corrected chi connectivity index (χ0v) is 23.2. The van der Waals surface area contributed by atoms with Gasteiger partial charge in [0.25, 0.3) is 0 Å². The van der Waals surface area contributed by atoms with Crippen molar-refractivity contribution in [1.29, 1.82) is 0 Å². The molecule has 0 bridgehead atoms. The number of thiocarbonyl (C=S) groups is 1. The van der Waals surface area contributed by atoms with Crippen molar-refractivity contribution < 1.29 is 4.79 Å². The minimum absolute atomic E-state index is 0.0564. The van der Waals surface area contributed by atoms with Gasteiger partial charge >= 0.3 is 0 Å². The van der Waals surface area contributed by atoms with Crippen molar-refractivity contribution in [2.75, 3.05) is 11.9 Å². The molecule has 2 aromatic heterocycles. The zero-order chi connectivity index (χ0) is 26.8. The summed E-state index contributed by atoms with van der Waals surface area (Å²) in [7, 11) is 0. The number of nitrogens with one attached hydrogen (secondary N) is 2. The molecule has 2 N–H and O–H groups in total. The fraction of sp³-hybridized carbons (Fsp3) is 0.233. The van der Waals surface area contributed by atoms with Crippen LogP contribution in [-0.2, 0) is 4.79 Å². The number of amides is 1. The zero-order valence-electron chi connectivity index (χ0n) is 21.6. The van der Waals surface area contributed by atoms with Crippen LogP contribution in [0.2, 0.25) is 5.02 Å². The molecule has 38 heavy (non-hydrogen) atoms. The molecule has 6 nitrogen and oxygen atoms in total. The van der Waals surface area contributed by atoms with E-state index in [1.807, 2.05) is 66.7 Å². The first-order chi connectivity index (χ1) is 18.3. The van der Waals surface area contributed by atoms with Gasteiger partial charge in [0.05, 0.1) is 17.8 Å². The van der Waals surface area contributed by atoms with E-state index in [0.717, 1.165) is 39.6 Å². The van der Waals surface area contributed by atoms with E-state index in [9.17, 15) is 4.79 Å². The van der Waals surface area contributed by atoms with E-state index >= 15 is 0 Å². The largest absolute Gasteiger partial charge is 0.352 e. The van der Waals surface area contributed by atoms with Gasteiger partial charge in [-0.1, -0.05) is 41.9 Å². The van der Waals surface area contributed by atoms with Gasteiger partial charge in [-0.25, -0.2) is 0 Å². The monoisotopic (exact) mass is 543 g/mol. The van der Waals surface area contributed by atoms with Crippen molar-refractivity contribution in [3.05, 3.63) is 112 Å². The highest BCUT2D eigenvalue weighted by Gasteiger charge is 2.41. The number of carbonyl (C=O) groups excluding carboxylic acids is 1. The summed E-state index contributed by atoms with van der Waals surface area (Å²) in [6.45, 7) is 6.79. The second-order valence-corrected chi connectivity index (χ2v) is 10.4. The van der Waals surface area contributed by atoms with Crippen LogP contribution < -0.4 is 10.6 Å². The standard InChI is InChI=1S/C30H30ClN5OS/c1-19-12-13-22(31)18-26(19)36-20(2)17-24(21(36)3)29-28(25-11-7-8-15-32-25)34-30(38)35(29)16-14-27(37)33-23-9-5-4-6-10-23/h4-13,15,17-18,28-29H,14,16H2,1-3H3,(H,33,37)(H,34,38)/t28-,29-/m0/s1. The molecule has 2 aromatic carbocycles. The van der Waals surface area contributed by atoms with E-state index in [2.05, 4.69) is 51.9 Å². The lowest BCUT2D eigenvalue weighted by Gasteiger charge is -2.28. The molecule has 1 saturated heterocycles. The van der Waals surface area contributed by atoms with E-state index in [4.69, 9.17) is 23.8 Å². The molecule has 0 spiro atoms. The van der Waals surface area contributed by atoms with Crippen LogP contribution in [0.1, 0.15) is 46.7 Å². The van der Waals surface area contributed by atoms with E-state index in [1.165, 1.54) is 0 Å². The number of rotatable bonds is 7. The summed E-state index contributed by atoms with van der Waals surface area (Å²) in [6, 6.07) is 23.3. The molecule has 1 aliphatic heterocycles. The second-order valence-electron chi connectivity index (χ2n) is 9.58. The van der Waals surface area contributed by atoms with Crippen LogP contribution in [0.4, 0.5) is 5.69 Å². The highest BCUT2D eigenvalue weighted by Crippen LogP contribution is 2.41. The molecule has 1 amide bonds. The molecule has 0 aliphatic carbocycles.